The van der Waals surface area contributed by atoms with Crippen LogP contribution in [0.4, 0.5) is 0 Å². The third-order valence-corrected chi connectivity index (χ3v) is 8.90. The van der Waals surface area contributed by atoms with Crippen molar-refractivity contribution in [1.29, 1.82) is 0 Å². The quantitative estimate of drug-likeness (QED) is 0.454. The number of hydrogen-bond donors (Lipinski definition) is 0. The molecule has 0 N–H and O–H groups in total. The summed E-state index contributed by atoms with van der Waals surface area (Å²) in [6.45, 7) is 10.9. The minimum absolute atomic E-state index is 0.0354. The second-order valence-electron chi connectivity index (χ2n) is 6.82. The fourth-order valence-electron chi connectivity index (χ4n) is 2.09. The molecule has 0 aromatic rings. The van der Waals surface area contributed by atoms with Gasteiger partial charge in [-0.2, -0.15) is 0 Å². The Kier molecular flexibility index (Phi) is 3.66. The van der Waals surface area contributed by atoms with E-state index in [0.29, 0.717) is 5.57 Å². The molecule has 19 heavy (non-hydrogen) atoms. The predicted molar refractivity (Wildman–Crippen MR) is 75.4 cm³/mol. The van der Waals surface area contributed by atoms with Gasteiger partial charge < -0.3 is 13.9 Å². The van der Waals surface area contributed by atoms with E-state index in [1.807, 2.05) is 6.08 Å². The lowest BCUT2D eigenvalue weighted by Crippen LogP contribution is -2.47. The Hall–Kier alpha value is -0.653. The summed E-state index contributed by atoms with van der Waals surface area (Å²) in [5.41, 5.74) is 0.631. The van der Waals surface area contributed by atoms with Crippen LogP contribution >= 0.6 is 0 Å². The summed E-state index contributed by atoms with van der Waals surface area (Å²) >= 11 is 0. The van der Waals surface area contributed by atoms with Crippen molar-refractivity contribution in [2.45, 2.75) is 63.6 Å². The van der Waals surface area contributed by atoms with Crippen LogP contribution in [0.15, 0.2) is 11.6 Å². The van der Waals surface area contributed by atoms with E-state index in [4.69, 9.17) is 13.9 Å². The van der Waals surface area contributed by atoms with Crippen molar-refractivity contribution < 1.29 is 18.7 Å². The van der Waals surface area contributed by atoms with Gasteiger partial charge in [-0.05, 0) is 24.6 Å². The van der Waals surface area contributed by atoms with E-state index in [9.17, 15) is 4.79 Å². The van der Waals surface area contributed by atoms with Crippen molar-refractivity contribution in [2.75, 3.05) is 7.11 Å². The average molecular weight is 284 g/mol. The fourth-order valence-corrected chi connectivity index (χ4v) is 3.34. The van der Waals surface area contributed by atoms with Crippen molar-refractivity contribution in [3.8, 4) is 0 Å². The van der Waals surface area contributed by atoms with Crippen LogP contribution in [-0.4, -0.2) is 39.7 Å². The number of carbonyl (C=O) groups excluding carboxylic acids is 1. The van der Waals surface area contributed by atoms with Crippen LogP contribution in [0.5, 0.6) is 0 Å². The molecule has 0 radical (unpaired) electrons. The third kappa shape index (κ3) is 2.78. The van der Waals surface area contributed by atoms with Gasteiger partial charge in [-0.15, -0.1) is 0 Å². The molecule has 5 heteroatoms. The Labute approximate surface area is 116 Å². The Morgan fingerprint density at radius 2 is 2.05 bits per heavy atom. The van der Waals surface area contributed by atoms with Crippen molar-refractivity contribution >= 4 is 14.3 Å². The number of fused-ring (bicyclic) bond motifs is 1. The van der Waals surface area contributed by atoms with Crippen LogP contribution in [0.3, 0.4) is 0 Å². The highest BCUT2D eigenvalue weighted by molar-refractivity contribution is 6.74. The Morgan fingerprint density at radius 3 is 2.58 bits per heavy atom. The number of carbonyl (C=O) groups is 1. The molecular weight excluding hydrogens is 260 g/mol. The van der Waals surface area contributed by atoms with E-state index in [0.717, 1.165) is 6.42 Å². The summed E-state index contributed by atoms with van der Waals surface area (Å²) in [6.07, 6.45) is 2.70. The highest BCUT2D eigenvalue weighted by Crippen LogP contribution is 2.44. The van der Waals surface area contributed by atoms with Gasteiger partial charge in [0.1, 0.15) is 12.2 Å². The molecule has 0 unspecified atom stereocenters. The SMILES string of the molecule is COC(=O)C1=CC[C@H]2O[C@H]2[C@@H]1O[Si](C)(C)C(C)(C)C. The normalized spacial score (nSPS) is 30.4. The van der Waals surface area contributed by atoms with Crippen molar-refractivity contribution in [3.05, 3.63) is 11.6 Å². The molecule has 4 nitrogen and oxygen atoms in total. The van der Waals surface area contributed by atoms with Crippen LogP contribution in [0, 0.1) is 0 Å². The lowest BCUT2D eigenvalue weighted by molar-refractivity contribution is -0.137. The summed E-state index contributed by atoms with van der Waals surface area (Å²) in [5, 5.41) is 0.107. The van der Waals surface area contributed by atoms with Crippen LogP contribution in [-0.2, 0) is 18.7 Å². The van der Waals surface area contributed by atoms with E-state index in [1.165, 1.54) is 7.11 Å². The molecule has 2 rings (SSSR count). The maximum Gasteiger partial charge on any atom is 0.336 e. The number of ether oxygens (including phenoxy) is 2. The molecule has 0 bridgehead atoms. The molecule has 0 aromatic carbocycles. The number of esters is 1. The third-order valence-electron chi connectivity index (χ3n) is 4.45. The van der Waals surface area contributed by atoms with Crippen LogP contribution < -0.4 is 0 Å². The lowest BCUT2D eigenvalue weighted by Gasteiger charge is -2.39. The van der Waals surface area contributed by atoms with Gasteiger partial charge in [-0.25, -0.2) is 4.79 Å². The predicted octanol–water partition coefficient (Wildman–Crippen LogP) is 2.65. The second-order valence-corrected chi connectivity index (χ2v) is 11.6. The lowest BCUT2D eigenvalue weighted by atomic mass is 9.97. The molecule has 1 fully saturated rings. The zero-order valence-electron chi connectivity index (χ0n) is 12.6. The molecule has 3 atom stereocenters. The summed E-state index contributed by atoms with van der Waals surface area (Å²) < 4.78 is 16.8. The van der Waals surface area contributed by atoms with Gasteiger partial charge in [0.05, 0.1) is 18.8 Å². The first-order chi connectivity index (χ1) is 8.67. The maximum absolute atomic E-state index is 11.9. The molecule has 0 aromatic heterocycles. The van der Waals surface area contributed by atoms with Gasteiger partial charge in [0.2, 0.25) is 0 Å². The number of epoxide rings is 1. The molecule has 0 saturated carbocycles. The molecule has 1 saturated heterocycles. The summed E-state index contributed by atoms with van der Waals surface area (Å²) in [6, 6.07) is 0. The average Bonchev–Trinajstić information content (AvgIpc) is 3.06. The molecule has 1 heterocycles. The van der Waals surface area contributed by atoms with E-state index in [1.54, 1.807) is 0 Å². The minimum atomic E-state index is -1.94. The van der Waals surface area contributed by atoms with Crippen molar-refractivity contribution in [1.82, 2.24) is 0 Å². The van der Waals surface area contributed by atoms with Gasteiger partial charge in [-0.3, -0.25) is 0 Å². The molecule has 0 amide bonds. The van der Waals surface area contributed by atoms with Gasteiger partial charge >= 0.3 is 5.97 Å². The maximum atomic E-state index is 11.9. The van der Waals surface area contributed by atoms with Gasteiger partial charge in [-0.1, -0.05) is 26.8 Å². The first kappa shape index (κ1) is 14.7. The highest BCUT2D eigenvalue weighted by atomic mass is 28.4. The Bertz CT molecular complexity index is 408. The van der Waals surface area contributed by atoms with Crippen molar-refractivity contribution in [2.24, 2.45) is 0 Å². The molecule has 0 spiro atoms. The Morgan fingerprint density at radius 1 is 1.42 bits per heavy atom. The van der Waals surface area contributed by atoms with Crippen LogP contribution in [0.1, 0.15) is 27.2 Å². The first-order valence-electron chi connectivity index (χ1n) is 6.79. The standard InChI is InChI=1S/C14H24O4Si/c1-14(2,3)19(5,6)18-11-9(13(15)16-4)7-8-10-12(11)17-10/h7,10-12H,8H2,1-6H3/t10-,11-,12-/m1/s1. The summed E-state index contributed by atoms with van der Waals surface area (Å²) in [7, 11) is -0.527. The van der Waals surface area contributed by atoms with E-state index in [-0.39, 0.29) is 29.3 Å². The minimum Gasteiger partial charge on any atom is -0.466 e. The van der Waals surface area contributed by atoms with Gasteiger partial charge in [0.15, 0.2) is 8.32 Å². The van der Waals surface area contributed by atoms with E-state index in [2.05, 4.69) is 33.9 Å². The zero-order chi connectivity index (χ0) is 14.4. The Balaban J connectivity index is 2.19. The van der Waals surface area contributed by atoms with E-state index >= 15 is 0 Å². The first-order valence-corrected chi connectivity index (χ1v) is 9.70. The van der Waals surface area contributed by atoms with E-state index < -0.39 is 8.32 Å². The second kappa shape index (κ2) is 4.72. The number of rotatable bonds is 3. The van der Waals surface area contributed by atoms with Crippen LogP contribution in [0.25, 0.3) is 0 Å². The zero-order valence-corrected chi connectivity index (χ0v) is 13.6. The monoisotopic (exact) mass is 284 g/mol. The molecule has 2 aliphatic rings. The topological polar surface area (TPSA) is 48.1 Å². The van der Waals surface area contributed by atoms with Gasteiger partial charge in [0.25, 0.3) is 0 Å². The molecule has 1 aliphatic heterocycles. The molecule has 108 valence electrons. The number of hydrogen-bond acceptors (Lipinski definition) is 4. The summed E-state index contributed by atoms with van der Waals surface area (Å²) in [5.74, 6) is -0.294. The van der Waals surface area contributed by atoms with Crippen molar-refractivity contribution in [3.63, 3.8) is 0 Å². The number of methoxy groups -OCH3 is 1. The molecular formula is C14H24O4Si. The summed E-state index contributed by atoms with van der Waals surface area (Å²) in [4.78, 5) is 11.9. The largest absolute Gasteiger partial charge is 0.466 e. The van der Waals surface area contributed by atoms with Crippen LogP contribution in [0.2, 0.25) is 18.1 Å². The highest BCUT2D eigenvalue weighted by Gasteiger charge is 2.53. The van der Waals surface area contributed by atoms with Gasteiger partial charge in [0, 0.05) is 0 Å². The smallest absolute Gasteiger partial charge is 0.336 e. The molecule has 1 aliphatic carbocycles. The fraction of sp³-hybridized carbons (Fsp3) is 0.786.